The molecule has 0 spiro atoms. The molecule has 0 bridgehead atoms. The van der Waals surface area contributed by atoms with Gasteiger partial charge in [0.25, 0.3) is 0 Å². The van der Waals surface area contributed by atoms with Gasteiger partial charge in [0.15, 0.2) is 0 Å². The van der Waals surface area contributed by atoms with E-state index < -0.39 is 11.4 Å². The van der Waals surface area contributed by atoms with Crippen molar-refractivity contribution in [2.75, 3.05) is 7.11 Å². The Kier molecular flexibility index (Phi) is 3.78. The molecule has 1 N–H and O–H groups in total. The van der Waals surface area contributed by atoms with Gasteiger partial charge in [-0.1, -0.05) is 13.0 Å². The highest BCUT2D eigenvalue weighted by Crippen LogP contribution is 2.44. The van der Waals surface area contributed by atoms with E-state index >= 15 is 0 Å². The molecule has 19 heavy (non-hydrogen) atoms. The second-order valence-corrected chi connectivity index (χ2v) is 5.57. The maximum Gasteiger partial charge on any atom is 0.309 e. The van der Waals surface area contributed by atoms with Crippen molar-refractivity contribution in [1.29, 1.82) is 0 Å². The van der Waals surface area contributed by atoms with Crippen LogP contribution in [0.2, 0.25) is 0 Å². The fraction of sp³-hybridized carbons (Fsp3) is 0.533. The molecular formula is C15H19FO3. The number of hydrogen-bond acceptors (Lipinski definition) is 2. The molecule has 0 amide bonds. The summed E-state index contributed by atoms with van der Waals surface area (Å²) in [4.78, 5) is 11.6. The molecule has 0 saturated heterocycles. The zero-order valence-corrected chi connectivity index (χ0v) is 11.3. The Bertz CT molecular complexity index is 486. The number of benzene rings is 1. The Balaban J connectivity index is 2.25. The average molecular weight is 266 g/mol. The topological polar surface area (TPSA) is 46.5 Å². The van der Waals surface area contributed by atoms with E-state index in [1.807, 2.05) is 0 Å². The van der Waals surface area contributed by atoms with E-state index in [0.29, 0.717) is 30.1 Å². The van der Waals surface area contributed by atoms with Crippen molar-refractivity contribution in [3.63, 3.8) is 0 Å². The summed E-state index contributed by atoms with van der Waals surface area (Å²) in [5, 5.41) is 9.49. The molecule has 0 radical (unpaired) electrons. The van der Waals surface area contributed by atoms with E-state index in [-0.39, 0.29) is 12.2 Å². The molecule has 1 saturated carbocycles. The number of methoxy groups -OCH3 is 1. The summed E-state index contributed by atoms with van der Waals surface area (Å²) in [6.07, 6.45) is 2.38. The molecule has 3 nitrogen and oxygen atoms in total. The quantitative estimate of drug-likeness (QED) is 0.909. The first-order chi connectivity index (χ1) is 8.97. The van der Waals surface area contributed by atoms with E-state index in [0.717, 1.165) is 6.42 Å². The number of ether oxygens (including phenoxy) is 1. The minimum absolute atomic E-state index is 0.252. The number of hydrogen-bond donors (Lipinski definition) is 1. The first kappa shape index (κ1) is 13.8. The van der Waals surface area contributed by atoms with Gasteiger partial charge in [-0.05, 0) is 43.2 Å². The van der Waals surface area contributed by atoms with Crippen molar-refractivity contribution in [2.24, 2.45) is 11.3 Å². The third-order valence-corrected chi connectivity index (χ3v) is 4.10. The second kappa shape index (κ2) is 5.19. The normalized spacial score (nSPS) is 26.4. The molecule has 1 fully saturated rings. The van der Waals surface area contributed by atoms with Crippen molar-refractivity contribution >= 4 is 5.97 Å². The molecule has 1 aromatic carbocycles. The Labute approximate surface area is 112 Å². The minimum atomic E-state index is -0.813. The van der Waals surface area contributed by atoms with E-state index in [9.17, 15) is 14.3 Å². The maximum atomic E-state index is 13.9. The highest BCUT2D eigenvalue weighted by molar-refractivity contribution is 5.75. The van der Waals surface area contributed by atoms with Crippen LogP contribution in [0.3, 0.4) is 0 Å². The van der Waals surface area contributed by atoms with Gasteiger partial charge in [-0.25, -0.2) is 4.39 Å². The molecule has 0 aromatic heterocycles. The highest BCUT2D eigenvalue weighted by Gasteiger charge is 2.44. The van der Waals surface area contributed by atoms with Gasteiger partial charge in [-0.3, -0.25) is 4.79 Å². The molecular weight excluding hydrogens is 247 g/mol. The number of halogens is 1. The summed E-state index contributed by atoms with van der Waals surface area (Å²) in [6, 6.07) is 4.61. The smallest absolute Gasteiger partial charge is 0.309 e. The van der Waals surface area contributed by atoms with E-state index in [2.05, 4.69) is 6.92 Å². The molecule has 0 heterocycles. The molecule has 2 unspecified atom stereocenters. The van der Waals surface area contributed by atoms with Gasteiger partial charge >= 0.3 is 5.97 Å². The fourth-order valence-electron chi connectivity index (χ4n) is 2.99. The lowest BCUT2D eigenvalue weighted by Gasteiger charge is -2.24. The van der Waals surface area contributed by atoms with Gasteiger partial charge in [0, 0.05) is 6.07 Å². The van der Waals surface area contributed by atoms with Crippen LogP contribution >= 0.6 is 0 Å². The first-order valence-electron chi connectivity index (χ1n) is 6.53. The summed E-state index contributed by atoms with van der Waals surface area (Å²) in [7, 11) is 1.48. The van der Waals surface area contributed by atoms with Gasteiger partial charge in [0.1, 0.15) is 11.6 Å². The van der Waals surface area contributed by atoms with Crippen molar-refractivity contribution in [3.05, 3.63) is 29.6 Å². The van der Waals surface area contributed by atoms with Gasteiger partial charge in [0.05, 0.1) is 12.5 Å². The number of carbonyl (C=O) groups is 1. The minimum Gasteiger partial charge on any atom is -0.497 e. The zero-order chi connectivity index (χ0) is 14.0. The van der Waals surface area contributed by atoms with Crippen LogP contribution < -0.4 is 4.74 Å². The Morgan fingerprint density at radius 3 is 2.79 bits per heavy atom. The summed E-state index contributed by atoms with van der Waals surface area (Å²) >= 11 is 0. The van der Waals surface area contributed by atoms with Crippen LogP contribution in [-0.2, 0) is 11.2 Å². The average Bonchev–Trinajstić information content (AvgIpc) is 2.75. The predicted octanol–water partition coefficient (Wildman–Crippen LogP) is 3.27. The molecule has 1 aliphatic rings. The van der Waals surface area contributed by atoms with Gasteiger partial charge in [-0.2, -0.15) is 0 Å². The second-order valence-electron chi connectivity index (χ2n) is 5.57. The molecule has 0 aliphatic heterocycles. The Morgan fingerprint density at radius 1 is 1.58 bits per heavy atom. The maximum absolute atomic E-state index is 13.9. The summed E-state index contributed by atoms with van der Waals surface area (Å²) < 4.78 is 18.9. The van der Waals surface area contributed by atoms with Crippen molar-refractivity contribution < 1.29 is 19.0 Å². The Hall–Kier alpha value is -1.58. The monoisotopic (exact) mass is 266 g/mol. The number of aliphatic carboxylic acids is 1. The Morgan fingerprint density at radius 2 is 2.32 bits per heavy atom. The molecule has 1 aromatic rings. The number of rotatable bonds is 4. The van der Waals surface area contributed by atoms with E-state index in [1.54, 1.807) is 12.1 Å². The van der Waals surface area contributed by atoms with Crippen molar-refractivity contribution in [2.45, 2.75) is 32.6 Å². The van der Waals surface area contributed by atoms with Crippen molar-refractivity contribution in [1.82, 2.24) is 0 Å². The summed E-state index contributed by atoms with van der Waals surface area (Å²) in [6.45, 7) is 2.05. The molecule has 2 atom stereocenters. The standard InChI is InChI=1S/C15H19FO3/c1-10-5-6-15(8-10,14(17)18)9-11-3-4-12(19-2)7-13(11)16/h3-4,7,10H,5-6,8-9H2,1-2H3,(H,17,18). The van der Waals surface area contributed by atoms with Crippen LogP contribution in [0.25, 0.3) is 0 Å². The zero-order valence-electron chi connectivity index (χ0n) is 11.3. The molecule has 104 valence electrons. The van der Waals surface area contributed by atoms with Crippen LogP contribution in [0, 0.1) is 17.2 Å². The lowest BCUT2D eigenvalue weighted by Crippen LogP contribution is -2.31. The number of carboxylic acids is 1. The SMILES string of the molecule is COc1ccc(CC2(C(=O)O)CCC(C)C2)c(F)c1. The lowest BCUT2D eigenvalue weighted by atomic mass is 9.79. The number of carboxylic acid groups (broad SMARTS) is 1. The van der Waals surface area contributed by atoms with Crippen LogP contribution in [-0.4, -0.2) is 18.2 Å². The van der Waals surface area contributed by atoms with Gasteiger partial charge in [-0.15, -0.1) is 0 Å². The first-order valence-corrected chi connectivity index (χ1v) is 6.53. The van der Waals surface area contributed by atoms with Crippen LogP contribution in [0.4, 0.5) is 4.39 Å². The largest absolute Gasteiger partial charge is 0.497 e. The molecule has 2 rings (SSSR count). The van der Waals surface area contributed by atoms with Crippen molar-refractivity contribution in [3.8, 4) is 5.75 Å². The van der Waals surface area contributed by atoms with Crippen LogP contribution in [0.5, 0.6) is 5.75 Å². The van der Waals surface area contributed by atoms with E-state index in [1.165, 1.54) is 13.2 Å². The third kappa shape index (κ3) is 2.72. The highest BCUT2D eigenvalue weighted by atomic mass is 19.1. The summed E-state index contributed by atoms with van der Waals surface area (Å²) in [5.41, 5.74) is -0.355. The fourth-order valence-corrected chi connectivity index (χ4v) is 2.99. The summed E-state index contributed by atoms with van der Waals surface area (Å²) in [5.74, 6) is -0.366. The lowest BCUT2D eigenvalue weighted by molar-refractivity contribution is -0.148. The third-order valence-electron chi connectivity index (χ3n) is 4.10. The van der Waals surface area contributed by atoms with Crippen LogP contribution in [0.1, 0.15) is 31.7 Å². The van der Waals surface area contributed by atoms with Gasteiger partial charge in [0.2, 0.25) is 0 Å². The van der Waals surface area contributed by atoms with Crippen LogP contribution in [0.15, 0.2) is 18.2 Å². The molecule has 1 aliphatic carbocycles. The molecule has 4 heteroatoms. The predicted molar refractivity (Wildman–Crippen MR) is 69.7 cm³/mol. The van der Waals surface area contributed by atoms with E-state index in [4.69, 9.17) is 4.74 Å². The van der Waals surface area contributed by atoms with Gasteiger partial charge < -0.3 is 9.84 Å².